The van der Waals surface area contributed by atoms with Gasteiger partial charge in [-0.15, -0.1) is 0 Å². The first kappa shape index (κ1) is 36.3. The van der Waals surface area contributed by atoms with Gasteiger partial charge in [0.15, 0.2) is 0 Å². The van der Waals surface area contributed by atoms with Gasteiger partial charge in [-0.25, -0.2) is 56.2 Å². The maximum atomic E-state index is 13.0. The summed E-state index contributed by atoms with van der Waals surface area (Å²) in [5, 5.41) is 18.5. The number of carbonyl (C=O) groups is 3. The fourth-order valence-corrected chi connectivity index (χ4v) is 3.76. The minimum atomic E-state index is -1.43. The quantitative estimate of drug-likeness (QED) is 0.120. The van der Waals surface area contributed by atoms with Crippen molar-refractivity contribution in [3.63, 3.8) is 0 Å². The van der Waals surface area contributed by atoms with E-state index in [1.165, 1.54) is 14.0 Å². The molecule has 21 nitrogen and oxygen atoms in total. The van der Waals surface area contributed by atoms with E-state index in [1.54, 1.807) is 0 Å². The smallest absolute Gasteiger partial charge is 0.337 e. The van der Waals surface area contributed by atoms with Crippen molar-refractivity contribution >= 4 is 17.9 Å². The minimum absolute atomic E-state index is 0.0497. The topological polar surface area (TPSA) is 261 Å². The zero-order valence-electron chi connectivity index (χ0n) is 24.7. The Balaban J connectivity index is 2.37. The second-order valence-electron chi connectivity index (χ2n) is 9.28. The van der Waals surface area contributed by atoms with Crippen LogP contribution in [0.5, 0.6) is 0 Å². The molecule has 0 aromatic carbocycles. The molecule has 1 atom stereocenters. The summed E-state index contributed by atoms with van der Waals surface area (Å²) in [5.74, 6) is -3.44. The number of aliphatic hydroxyl groups excluding tert-OH is 2. The summed E-state index contributed by atoms with van der Waals surface area (Å²) in [7, 11) is 2.28. The molecule has 2 N–H and O–H groups in total. The second-order valence-corrected chi connectivity index (χ2v) is 9.28. The van der Waals surface area contributed by atoms with Gasteiger partial charge in [0.1, 0.15) is 26.2 Å². The van der Waals surface area contributed by atoms with Crippen LogP contribution in [0.15, 0.2) is 28.8 Å². The highest BCUT2D eigenvalue weighted by Crippen LogP contribution is 1.92. The van der Waals surface area contributed by atoms with Crippen molar-refractivity contribution in [2.75, 3.05) is 40.6 Å². The predicted octanol–water partition coefficient (Wildman–Crippen LogP) is -5.97. The molecule has 0 saturated carbocycles. The fourth-order valence-electron chi connectivity index (χ4n) is 3.76. The Kier molecular flexibility index (Phi) is 13.6. The summed E-state index contributed by atoms with van der Waals surface area (Å²) in [4.78, 5) is 113. The molecule has 0 saturated heterocycles. The Hall–Kier alpha value is -4.89. The molecular weight excluding hydrogens is 612 g/mol. The molecule has 0 aliphatic heterocycles. The molecule has 0 bridgehead atoms. The number of aromatic nitrogens is 6. The van der Waals surface area contributed by atoms with Crippen molar-refractivity contribution in [2.45, 2.75) is 58.7 Å². The molecular formula is C24H34N6O15. The van der Waals surface area contributed by atoms with Gasteiger partial charge < -0.3 is 29.2 Å². The van der Waals surface area contributed by atoms with Crippen LogP contribution in [0.25, 0.3) is 0 Å². The third-order valence-corrected chi connectivity index (χ3v) is 6.08. The zero-order valence-corrected chi connectivity index (χ0v) is 24.7. The van der Waals surface area contributed by atoms with Gasteiger partial charge in [-0.2, -0.15) is 0 Å². The van der Waals surface area contributed by atoms with E-state index in [9.17, 15) is 53.4 Å². The van der Waals surface area contributed by atoms with E-state index < -0.39 is 104 Å². The summed E-state index contributed by atoms with van der Waals surface area (Å²) in [6, 6.07) is 0. The van der Waals surface area contributed by atoms with Crippen LogP contribution in [-0.2, 0) is 72.6 Å². The first-order valence-electron chi connectivity index (χ1n) is 13.3. The van der Waals surface area contributed by atoms with Crippen molar-refractivity contribution in [2.24, 2.45) is 0 Å². The van der Waals surface area contributed by atoms with Crippen molar-refractivity contribution in [1.82, 2.24) is 27.4 Å². The van der Waals surface area contributed by atoms with E-state index >= 15 is 0 Å². The Bertz CT molecular complexity index is 1740. The van der Waals surface area contributed by atoms with Crippen LogP contribution in [0.4, 0.5) is 0 Å². The molecule has 2 rings (SSSR count). The van der Waals surface area contributed by atoms with Crippen LogP contribution < -0.4 is 34.1 Å². The van der Waals surface area contributed by atoms with Gasteiger partial charge in [0.2, 0.25) is 0 Å². The number of carbonyl (C=O) groups excluding carboxylic acids is 3. The standard InChI is InChI=1S/C24H34N6O15/c1-15(32)4-9-44-17(34)13-29-22(39)28(12-16(33)43-3)23(40)30(24(29)41)14-18(35)45-11-7-27-20(37)25(5-8-31)19(36)26(21(27)38)6-10-42-2/h15,31-32H,4-14H2,1-3H3. The van der Waals surface area contributed by atoms with E-state index in [0.29, 0.717) is 13.7 Å². The van der Waals surface area contributed by atoms with Gasteiger partial charge in [-0.3, -0.25) is 14.4 Å². The molecule has 0 spiro atoms. The van der Waals surface area contributed by atoms with Crippen molar-refractivity contribution in [3.05, 3.63) is 62.9 Å². The number of methoxy groups -OCH3 is 2. The first-order valence-corrected chi connectivity index (χ1v) is 13.3. The second kappa shape index (κ2) is 16.8. The summed E-state index contributed by atoms with van der Waals surface area (Å²) in [6.07, 6.45) is -0.762. The van der Waals surface area contributed by atoms with Crippen LogP contribution in [0, 0.1) is 0 Å². The Morgan fingerprint density at radius 3 is 1.38 bits per heavy atom. The predicted molar refractivity (Wildman–Crippen MR) is 148 cm³/mol. The summed E-state index contributed by atoms with van der Waals surface area (Å²) < 4.78 is 21.7. The first-order chi connectivity index (χ1) is 21.3. The van der Waals surface area contributed by atoms with Gasteiger partial charge >= 0.3 is 52.0 Å². The highest BCUT2D eigenvalue weighted by molar-refractivity contribution is 5.70. The average molecular weight is 647 g/mol. The van der Waals surface area contributed by atoms with E-state index in [0.717, 1.165) is 7.11 Å². The molecule has 1 unspecified atom stereocenters. The molecule has 0 radical (unpaired) electrons. The van der Waals surface area contributed by atoms with Gasteiger partial charge in [0.25, 0.3) is 0 Å². The van der Waals surface area contributed by atoms with Crippen LogP contribution in [-0.4, -0.2) is 102 Å². The zero-order chi connectivity index (χ0) is 33.8. The highest BCUT2D eigenvalue weighted by atomic mass is 16.5. The third-order valence-electron chi connectivity index (χ3n) is 6.08. The van der Waals surface area contributed by atoms with Crippen molar-refractivity contribution in [3.8, 4) is 0 Å². The lowest BCUT2D eigenvalue weighted by molar-refractivity contribution is -0.145. The Labute approximate surface area is 251 Å². The third kappa shape index (κ3) is 9.30. The lowest BCUT2D eigenvalue weighted by Crippen LogP contribution is -2.56. The van der Waals surface area contributed by atoms with Gasteiger partial charge in [-0.05, 0) is 6.92 Å². The normalized spacial score (nSPS) is 11.7. The Morgan fingerprint density at radius 1 is 0.600 bits per heavy atom. The van der Waals surface area contributed by atoms with Crippen LogP contribution in [0.1, 0.15) is 13.3 Å². The molecule has 2 heterocycles. The summed E-state index contributed by atoms with van der Waals surface area (Å²) >= 11 is 0. The molecule has 45 heavy (non-hydrogen) atoms. The summed E-state index contributed by atoms with van der Waals surface area (Å²) in [6.45, 7) is -4.54. The largest absolute Gasteiger partial charge is 0.468 e. The van der Waals surface area contributed by atoms with E-state index in [4.69, 9.17) is 14.2 Å². The van der Waals surface area contributed by atoms with Gasteiger partial charge in [0.05, 0.1) is 52.7 Å². The molecule has 0 aliphatic rings. The van der Waals surface area contributed by atoms with E-state index in [2.05, 4.69) is 4.74 Å². The number of hydrogen-bond donors (Lipinski definition) is 2. The number of rotatable bonds is 17. The highest BCUT2D eigenvalue weighted by Gasteiger charge is 2.22. The van der Waals surface area contributed by atoms with Crippen molar-refractivity contribution in [1.29, 1.82) is 0 Å². The lowest BCUT2D eigenvalue weighted by Gasteiger charge is -2.14. The maximum Gasteiger partial charge on any atom is 0.337 e. The average Bonchev–Trinajstić information content (AvgIpc) is 2.99. The molecule has 2 aromatic heterocycles. The SMILES string of the molecule is COCCn1c(=O)n(CCO)c(=O)n(CCOC(=O)Cn2c(=O)n(CC(=O)OC)c(=O)n(CC(=O)OCCC(C)O)c2=O)c1=O. The molecule has 250 valence electrons. The molecule has 21 heteroatoms. The number of esters is 3. The monoisotopic (exact) mass is 646 g/mol. The fraction of sp³-hybridized carbons (Fsp3) is 0.625. The van der Waals surface area contributed by atoms with Crippen LogP contribution >= 0.6 is 0 Å². The summed E-state index contributed by atoms with van der Waals surface area (Å²) in [5.41, 5.74) is -7.37. The molecule has 0 fully saturated rings. The van der Waals surface area contributed by atoms with Gasteiger partial charge in [-0.1, -0.05) is 0 Å². The minimum Gasteiger partial charge on any atom is -0.468 e. The molecule has 0 amide bonds. The van der Waals surface area contributed by atoms with Crippen LogP contribution in [0.3, 0.4) is 0 Å². The van der Waals surface area contributed by atoms with E-state index in [1.807, 2.05) is 0 Å². The number of hydrogen-bond acceptors (Lipinski definition) is 15. The molecule has 0 aliphatic carbocycles. The van der Waals surface area contributed by atoms with Crippen LogP contribution in [0.2, 0.25) is 0 Å². The number of nitrogens with zero attached hydrogens (tertiary/aromatic N) is 6. The number of ether oxygens (including phenoxy) is 4. The molecule has 2 aromatic rings. The Morgan fingerprint density at radius 2 is 0.978 bits per heavy atom. The lowest BCUT2D eigenvalue weighted by atomic mass is 10.3. The number of aliphatic hydroxyl groups is 2. The van der Waals surface area contributed by atoms with Crippen molar-refractivity contribution < 1.29 is 43.5 Å². The van der Waals surface area contributed by atoms with E-state index in [-0.39, 0.29) is 39.9 Å². The van der Waals surface area contributed by atoms with Gasteiger partial charge in [0, 0.05) is 13.5 Å². The maximum absolute atomic E-state index is 13.0.